The van der Waals surface area contributed by atoms with Crippen LogP contribution >= 0.6 is 0 Å². The molecule has 0 aliphatic rings. The molecule has 0 unspecified atom stereocenters. The molecule has 16 heavy (non-hydrogen) atoms. The van der Waals surface area contributed by atoms with Crippen molar-refractivity contribution in [3.05, 3.63) is 30.1 Å². The monoisotopic (exact) mass is 254 g/mol. The summed E-state index contributed by atoms with van der Waals surface area (Å²) in [5.41, 5.74) is 0. The second-order valence-corrected chi connectivity index (χ2v) is 4.77. The molecule has 1 aromatic carbocycles. The zero-order valence-electron chi connectivity index (χ0n) is 7.52. The van der Waals surface area contributed by atoms with Gasteiger partial charge < -0.3 is 5.11 Å². The number of carbonyl (C=O) groups is 1. The maximum Gasteiger partial charge on any atom is 0.444 e. The molecule has 0 aromatic heterocycles. The fourth-order valence-corrected chi connectivity index (χ4v) is 1.95. The summed E-state index contributed by atoms with van der Waals surface area (Å²) in [4.78, 5) is 9.02. The molecule has 1 N–H and O–H groups in total. The van der Waals surface area contributed by atoms with Crippen molar-refractivity contribution in [1.82, 2.24) is 0 Å². The van der Waals surface area contributed by atoms with Crippen LogP contribution in [0.15, 0.2) is 29.2 Å². The summed E-state index contributed by atoms with van der Waals surface area (Å²) in [5, 5.41) is 3.10. The van der Waals surface area contributed by atoms with Crippen molar-refractivity contribution in [2.45, 2.75) is 10.2 Å². The molecular weight excluding hydrogens is 249 g/mol. The highest BCUT2D eigenvalue weighted by molar-refractivity contribution is 7.93. The van der Waals surface area contributed by atoms with Crippen molar-refractivity contribution < 1.29 is 31.5 Å². The summed E-state index contributed by atoms with van der Waals surface area (Å²) in [7, 11) is -5.43. The number of halogens is 3. The Morgan fingerprint density at radius 3 is 2.31 bits per heavy atom. The van der Waals surface area contributed by atoms with E-state index in [0.29, 0.717) is 12.1 Å². The van der Waals surface area contributed by atoms with Gasteiger partial charge in [0, 0.05) is 0 Å². The molecule has 0 spiro atoms. The average Bonchev–Trinajstić information content (AvgIpc) is 2.17. The number of rotatable bonds is 3. The molecule has 8 heteroatoms. The van der Waals surface area contributed by atoms with E-state index in [1.54, 1.807) is 0 Å². The zero-order valence-corrected chi connectivity index (χ0v) is 8.34. The van der Waals surface area contributed by atoms with E-state index in [1.165, 1.54) is 0 Å². The Morgan fingerprint density at radius 1 is 1.31 bits per heavy atom. The maximum absolute atomic E-state index is 12.8. The number of aliphatic carboxylic acids is 1. The van der Waals surface area contributed by atoms with E-state index in [4.69, 9.17) is 5.11 Å². The molecule has 88 valence electrons. The largest absolute Gasteiger partial charge is 0.476 e. The Balaban J connectivity index is 3.39. The van der Waals surface area contributed by atoms with Gasteiger partial charge in [-0.2, -0.15) is 8.78 Å². The van der Waals surface area contributed by atoms with Gasteiger partial charge in [-0.25, -0.2) is 17.6 Å². The van der Waals surface area contributed by atoms with E-state index in [9.17, 15) is 26.4 Å². The summed E-state index contributed by atoms with van der Waals surface area (Å²) in [6, 6.07) is 2.75. The van der Waals surface area contributed by atoms with Crippen LogP contribution in [0.5, 0.6) is 0 Å². The Bertz CT molecular complexity index is 524. The van der Waals surface area contributed by atoms with Crippen LogP contribution in [-0.4, -0.2) is 24.7 Å². The topological polar surface area (TPSA) is 71.4 Å². The van der Waals surface area contributed by atoms with Crippen LogP contribution < -0.4 is 0 Å². The van der Waals surface area contributed by atoms with E-state index in [0.717, 1.165) is 12.1 Å². The number of hydrogen-bond acceptors (Lipinski definition) is 3. The predicted octanol–water partition coefficient (Wildman–Crippen LogP) is 1.28. The molecule has 0 heterocycles. The first-order chi connectivity index (χ1) is 7.19. The lowest BCUT2D eigenvalue weighted by molar-refractivity contribution is -0.153. The van der Waals surface area contributed by atoms with Crippen LogP contribution in [0.3, 0.4) is 0 Å². The van der Waals surface area contributed by atoms with Crippen molar-refractivity contribution in [3.63, 3.8) is 0 Å². The molecule has 1 aromatic rings. The minimum Gasteiger partial charge on any atom is -0.476 e. The Kier molecular flexibility index (Phi) is 2.95. The van der Waals surface area contributed by atoms with Crippen molar-refractivity contribution in [3.8, 4) is 0 Å². The van der Waals surface area contributed by atoms with Crippen LogP contribution in [0.4, 0.5) is 13.2 Å². The van der Waals surface area contributed by atoms with Gasteiger partial charge in [0.25, 0.3) is 9.84 Å². The van der Waals surface area contributed by atoms with Gasteiger partial charge in [0.1, 0.15) is 5.82 Å². The number of alkyl halides is 2. The molecule has 1 rings (SSSR count). The smallest absolute Gasteiger partial charge is 0.444 e. The zero-order chi connectivity index (χ0) is 12.6. The van der Waals surface area contributed by atoms with E-state index in [1.807, 2.05) is 0 Å². The molecule has 0 aliphatic heterocycles. The minimum atomic E-state index is -5.43. The first-order valence-corrected chi connectivity index (χ1v) is 5.29. The molecule has 0 atom stereocenters. The highest BCUT2D eigenvalue weighted by Gasteiger charge is 2.54. The van der Waals surface area contributed by atoms with Gasteiger partial charge in [0.2, 0.25) is 0 Å². The third kappa shape index (κ3) is 1.87. The lowest BCUT2D eigenvalue weighted by Crippen LogP contribution is -2.37. The van der Waals surface area contributed by atoms with Gasteiger partial charge in [-0.1, -0.05) is 6.07 Å². The Hall–Kier alpha value is -1.57. The normalized spacial score (nSPS) is 12.4. The predicted molar refractivity (Wildman–Crippen MR) is 46.2 cm³/mol. The first-order valence-electron chi connectivity index (χ1n) is 3.81. The SMILES string of the molecule is O=C(O)C(F)(F)S(=O)(=O)c1cccc(F)c1. The minimum absolute atomic E-state index is 0.326. The van der Waals surface area contributed by atoms with Crippen LogP contribution in [0.1, 0.15) is 0 Å². The van der Waals surface area contributed by atoms with Crippen molar-refractivity contribution in [1.29, 1.82) is 0 Å². The average molecular weight is 254 g/mol. The molecule has 0 radical (unpaired) electrons. The van der Waals surface area contributed by atoms with Crippen molar-refractivity contribution in [2.75, 3.05) is 0 Å². The number of sulfone groups is 1. The second-order valence-electron chi connectivity index (χ2n) is 2.78. The molecule has 0 saturated heterocycles. The van der Waals surface area contributed by atoms with E-state index >= 15 is 0 Å². The fourth-order valence-electron chi connectivity index (χ4n) is 0.897. The van der Waals surface area contributed by atoms with E-state index in [2.05, 4.69) is 0 Å². The Morgan fingerprint density at radius 2 is 1.88 bits per heavy atom. The van der Waals surface area contributed by atoms with Crippen molar-refractivity contribution >= 4 is 15.8 Å². The van der Waals surface area contributed by atoms with Gasteiger partial charge in [-0.15, -0.1) is 0 Å². The molecule has 0 bridgehead atoms. The molecular formula is C8H5F3O4S. The quantitative estimate of drug-likeness (QED) is 0.881. The van der Waals surface area contributed by atoms with Gasteiger partial charge >= 0.3 is 11.2 Å². The fraction of sp³-hybridized carbons (Fsp3) is 0.125. The molecule has 0 aliphatic carbocycles. The molecule has 0 saturated carbocycles. The van der Waals surface area contributed by atoms with E-state index in [-0.39, 0.29) is 0 Å². The van der Waals surface area contributed by atoms with Gasteiger partial charge in [-0.3, -0.25) is 0 Å². The summed E-state index contributed by atoms with van der Waals surface area (Å²) in [5.74, 6) is -3.86. The summed E-state index contributed by atoms with van der Waals surface area (Å²) < 4.78 is 60.6. The number of carboxylic acid groups (broad SMARTS) is 1. The van der Waals surface area contributed by atoms with Crippen LogP contribution in [0.2, 0.25) is 0 Å². The lowest BCUT2D eigenvalue weighted by atomic mass is 10.4. The maximum atomic E-state index is 12.8. The third-order valence-corrected chi connectivity index (χ3v) is 3.42. The van der Waals surface area contributed by atoms with Gasteiger partial charge in [-0.05, 0) is 18.2 Å². The van der Waals surface area contributed by atoms with E-state index < -0.39 is 31.8 Å². The summed E-state index contributed by atoms with van der Waals surface area (Å²) in [6.45, 7) is 0. The number of hydrogen-bond donors (Lipinski definition) is 1. The number of benzene rings is 1. The third-order valence-electron chi connectivity index (χ3n) is 1.69. The molecule has 4 nitrogen and oxygen atoms in total. The lowest BCUT2D eigenvalue weighted by Gasteiger charge is -2.11. The van der Waals surface area contributed by atoms with Crippen LogP contribution in [-0.2, 0) is 14.6 Å². The van der Waals surface area contributed by atoms with Gasteiger partial charge in [0.15, 0.2) is 0 Å². The van der Waals surface area contributed by atoms with Gasteiger partial charge in [0.05, 0.1) is 4.90 Å². The summed E-state index contributed by atoms with van der Waals surface area (Å²) >= 11 is 0. The molecule has 0 fully saturated rings. The van der Waals surface area contributed by atoms with Crippen molar-refractivity contribution in [2.24, 2.45) is 0 Å². The highest BCUT2D eigenvalue weighted by atomic mass is 32.2. The van der Waals surface area contributed by atoms with Crippen LogP contribution in [0, 0.1) is 5.82 Å². The van der Waals surface area contributed by atoms with Crippen LogP contribution in [0.25, 0.3) is 0 Å². The summed E-state index contributed by atoms with van der Waals surface area (Å²) in [6.07, 6.45) is 0. The second kappa shape index (κ2) is 3.78. The standard InChI is InChI=1S/C8H5F3O4S/c9-5-2-1-3-6(4-5)16(14,15)8(10,11)7(12)13/h1-4H,(H,12,13). The highest BCUT2D eigenvalue weighted by Crippen LogP contribution is 2.29. The molecule has 0 amide bonds. The Labute approximate surface area is 88.2 Å². The number of carboxylic acids is 1. The first kappa shape index (κ1) is 12.5.